The summed E-state index contributed by atoms with van der Waals surface area (Å²) in [5.41, 5.74) is 1.27. The number of amides is 1. The molecule has 0 radical (unpaired) electrons. The van der Waals surface area contributed by atoms with Crippen LogP contribution in [0.15, 0.2) is 41.1 Å². The average Bonchev–Trinajstić information content (AvgIpc) is 2.98. The third-order valence-electron chi connectivity index (χ3n) is 2.89. The van der Waals surface area contributed by atoms with Crippen molar-refractivity contribution in [3.8, 4) is 5.75 Å². The number of carbonyl (C=O) groups excluding carboxylic acids is 1. The molecule has 21 heavy (non-hydrogen) atoms. The maximum Gasteiger partial charge on any atom is 0.335 e. The molecule has 1 amide bonds. The van der Waals surface area contributed by atoms with Crippen molar-refractivity contribution in [1.29, 1.82) is 0 Å². The second-order valence-electron chi connectivity index (χ2n) is 4.50. The van der Waals surface area contributed by atoms with Crippen molar-refractivity contribution in [2.45, 2.75) is 6.54 Å². The lowest BCUT2D eigenvalue weighted by atomic mass is 10.2. The minimum absolute atomic E-state index is 0.0763. The fourth-order valence-electron chi connectivity index (χ4n) is 1.69. The fraction of sp³-hybridized carbons (Fsp3) is 0.200. The van der Waals surface area contributed by atoms with E-state index < -0.39 is 5.97 Å². The van der Waals surface area contributed by atoms with Crippen LogP contribution in [-0.2, 0) is 11.3 Å². The summed E-state index contributed by atoms with van der Waals surface area (Å²) in [6.45, 7) is 0.469. The number of benzene rings is 1. The minimum Gasteiger partial charge on any atom is -0.484 e. The molecular weight excluding hydrogens is 290 g/mol. The van der Waals surface area contributed by atoms with Crippen molar-refractivity contribution in [2.24, 2.45) is 0 Å². The molecule has 5 nitrogen and oxygen atoms in total. The number of carboxylic acids is 1. The predicted octanol–water partition coefficient (Wildman–Crippen LogP) is 2.48. The number of aromatic carboxylic acids is 1. The van der Waals surface area contributed by atoms with Crippen LogP contribution in [0.25, 0.3) is 0 Å². The van der Waals surface area contributed by atoms with E-state index >= 15 is 0 Å². The van der Waals surface area contributed by atoms with Gasteiger partial charge in [-0.05, 0) is 46.7 Å². The zero-order valence-electron chi connectivity index (χ0n) is 11.5. The maximum absolute atomic E-state index is 11.9. The number of likely N-dealkylation sites (N-methyl/N-ethyl adjacent to an activating group) is 1. The van der Waals surface area contributed by atoms with Crippen molar-refractivity contribution in [3.63, 3.8) is 0 Å². The van der Waals surface area contributed by atoms with Crippen LogP contribution < -0.4 is 4.74 Å². The molecule has 0 unspecified atom stereocenters. The Balaban J connectivity index is 1.84. The van der Waals surface area contributed by atoms with E-state index in [-0.39, 0.29) is 18.1 Å². The zero-order chi connectivity index (χ0) is 15.2. The third-order valence-corrected chi connectivity index (χ3v) is 3.62. The number of nitrogens with zero attached hydrogens (tertiary/aromatic N) is 1. The molecule has 0 aliphatic carbocycles. The van der Waals surface area contributed by atoms with E-state index in [4.69, 9.17) is 9.84 Å². The first-order valence-corrected chi connectivity index (χ1v) is 7.22. The summed E-state index contributed by atoms with van der Waals surface area (Å²) in [5.74, 6) is -0.658. The van der Waals surface area contributed by atoms with E-state index in [9.17, 15) is 9.59 Å². The largest absolute Gasteiger partial charge is 0.484 e. The number of ether oxygens (including phenoxy) is 1. The lowest BCUT2D eigenvalue weighted by molar-refractivity contribution is -0.132. The Morgan fingerprint density at radius 1 is 1.24 bits per heavy atom. The molecule has 1 aromatic heterocycles. The first kappa shape index (κ1) is 15.1. The van der Waals surface area contributed by atoms with E-state index in [1.807, 2.05) is 16.8 Å². The Bertz CT molecular complexity index is 607. The number of hydrogen-bond acceptors (Lipinski definition) is 4. The monoisotopic (exact) mass is 305 g/mol. The van der Waals surface area contributed by atoms with E-state index in [0.717, 1.165) is 5.56 Å². The summed E-state index contributed by atoms with van der Waals surface area (Å²) in [5, 5.41) is 12.7. The van der Waals surface area contributed by atoms with Crippen LogP contribution in [0.1, 0.15) is 15.9 Å². The molecule has 0 fully saturated rings. The van der Waals surface area contributed by atoms with Crippen LogP contribution in [0.3, 0.4) is 0 Å². The summed E-state index contributed by atoms with van der Waals surface area (Å²) < 4.78 is 5.36. The summed E-state index contributed by atoms with van der Waals surface area (Å²) >= 11 is 1.59. The number of thiophene rings is 1. The highest BCUT2D eigenvalue weighted by Crippen LogP contribution is 2.13. The molecule has 0 aliphatic rings. The molecule has 1 heterocycles. The van der Waals surface area contributed by atoms with Crippen LogP contribution in [0.2, 0.25) is 0 Å². The number of rotatable bonds is 6. The number of carboxylic acid groups (broad SMARTS) is 1. The molecule has 2 rings (SSSR count). The Hall–Kier alpha value is -2.34. The van der Waals surface area contributed by atoms with Gasteiger partial charge in [0.2, 0.25) is 0 Å². The van der Waals surface area contributed by atoms with Crippen molar-refractivity contribution in [3.05, 3.63) is 52.2 Å². The smallest absolute Gasteiger partial charge is 0.335 e. The van der Waals surface area contributed by atoms with Gasteiger partial charge in [-0.25, -0.2) is 4.79 Å². The third kappa shape index (κ3) is 4.32. The molecule has 0 aliphatic heterocycles. The van der Waals surface area contributed by atoms with Crippen molar-refractivity contribution >= 4 is 23.2 Å². The normalized spacial score (nSPS) is 10.1. The molecule has 0 bridgehead atoms. The molecule has 1 N–H and O–H groups in total. The highest BCUT2D eigenvalue weighted by molar-refractivity contribution is 7.07. The van der Waals surface area contributed by atoms with Gasteiger partial charge in [0, 0.05) is 13.6 Å². The molecule has 0 spiro atoms. The predicted molar refractivity (Wildman–Crippen MR) is 79.7 cm³/mol. The van der Waals surface area contributed by atoms with Gasteiger partial charge in [-0.3, -0.25) is 4.79 Å². The van der Waals surface area contributed by atoms with Crippen molar-refractivity contribution < 1.29 is 19.4 Å². The summed E-state index contributed by atoms with van der Waals surface area (Å²) in [6, 6.07) is 7.93. The van der Waals surface area contributed by atoms with Crippen LogP contribution in [-0.4, -0.2) is 35.5 Å². The standard InChI is InChI=1S/C15H15NO4S/c1-16(8-11-6-7-21-10-11)14(17)9-20-13-4-2-12(3-5-13)15(18)19/h2-7,10H,8-9H2,1H3,(H,18,19). The Morgan fingerprint density at radius 2 is 1.95 bits per heavy atom. The SMILES string of the molecule is CN(Cc1ccsc1)C(=O)COc1ccc(C(=O)O)cc1. The second kappa shape index (κ2) is 6.90. The second-order valence-corrected chi connectivity index (χ2v) is 5.28. The molecule has 0 saturated carbocycles. The van der Waals surface area contributed by atoms with Crippen molar-refractivity contribution in [1.82, 2.24) is 4.90 Å². The Kier molecular flexibility index (Phi) is 4.94. The Labute approximate surface area is 126 Å². The molecule has 1 aromatic carbocycles. The van der Waals surface area contributed by atoms with Gasteiger partial charge in [0.05, 0.1) is 5.56 Å². The van der Waals surface area contributed by atoms with Gasteiger partial charge in [0.15, 0.2) is 6.61 Å². The highest BCUT2D eigenvalue weighted by atomic mass is 32.1. The quantitative estimate of drug-likeness (QED) is 0.890. The first-order valence-electron chi connectivity index (χ1n) is 6.27. The number of carbonyl (C=O) groups is 2. The highest BCUT2D eigenvalue weighted by Gasteiger charge is 2.10. The molecular formula is C15H15NO4S. The van der Waals surface area contributed by atoms with Gasteiger partial charge in [0.1, 0.15) is 5.75 Å². The van der Waals surface area contributed by atoms with E-state index in [0.29, 0.717) is 12.3 Å². The minimum atomic E-state index is -0.992. The van der Waals surface area contributed by atoms with E-state index in [1.165, 1.54) is 24.3 Å². The average molecular weight is 305 g/mol. The molecule has 6 heteroatoms. The number of hydrogen-bond donors (Lipinski definition) is 1. The van der Waals surface area contributed by atoms with E-state index in [2.05, 4.69) is 0 Å². The van der Waals surface area contributed by atoms with Crippen LogP contribution in [0.5, 0.6) is 5.75 Å². The van der Waals surface area contributed by atoms with Gasteiger partial charge in [-0.15, -0.1) is 0 Å². The summed E-state index contributed by atoms with van der Waals surface area (Å²) in [4.78, 5) is 24.2. The van der Waals surface area contributed by atoms with Crippen LogP contribution >= 0.6 is 11.3 Å². The van der Waals surface area contributed by atoms with Gasteiger partial charge >= 0.3 is 5.97 Å². The fourth-order valence-corrected chi connectivity index (χ4v) is 2.35. The van der Waals surface area contributed by atoms with Gasteiger partial charge < -0.3 is 14.7 Å². The molecule has 0 atom stereocenters. The van der Waals surface area contributed by atoms with Crippen molar-refractivity contribution in [2.75, 3.05) is 13.7 Å². The molecule has 110 valence electrons. The molecule has 2 aromatic rings. The Morgan fingerprint density at radius 3 is 2.52 bits per heavy atom. The lowest BCUT2D eigenvalue weighted by Gasteiger charge is -2.16. The zero-order valence-corrected chi connectivity index (χ0v) is 12.3. The first-order chi connectivity index (χ1) is 10.1. The van der Waals surface area contributed by atoms with E-state index in [1.54, 1.807) is 23.3 Å². The maximum atomic E-state index is 11.9. The van der Waals surface area contributed by atoms with Gasteiger partial charge in [-0.2, -0.15) is 11.3 Å². The molecule has 0 saturated heterocycles. The lowest BCUT2D eigenvalue weighted by Crippen LogP contribution is -2.30. The summed E-state index contributed by atoms with van der Waals surface area (Å²) in [6.07, 6.45) is 0. The summed E-state index contributed by atoms with van der Waals surface area (Å²) in [7, 11) is 1.72. The topological polar surface area (TPSA) is 66.8 Å². The van der Waals surface area contributed by atoms with Gasteiger partial charge in [-0.1, -0.05) is 0 Å². The van der Waals surface area contributed by atoms with Crippen LogP contribution in [0.4, 0.5) is 0 Å². The van der Waals surface area contributed by atoms with Crippen LogP contribution in [0, 0.1) is 0 Å². The van der Waals surface area contributed by atoms with Gasteiger partial charge in [0.25, 0.3) is 5.91 Å².